The molecular formula is C18H12N4O3S. The summed E-state index contributed by atoms with van der Waals surface area (Å²) in [5, 5.41) is 9.64. The first-order valence-electron chi connectivity index (χ1n) is 7.74. The van der Waals surface area contributed by atoms with Crippen LogP contribution in [0.3, 0.4) is 0 Å². The lowest BCUT2D eigenvalue weighted by Crippen LogP contribution is -2.21. The summed E-state index contributed by atoms with van der Waals surface area (Å²) in [5.74, 6) is -0.514. The van der Waals surface area contributed by atoms with Crippen LogP contribution in [-0.4, -0.2) is 38.4 Å². The first kappa shape index (κ1) is 16.2. The molecule has 1 aliphatic rings. The number of ketones is 2. The number of fused-ring (bicyclic) bond motifs is 2. The van der Waals surface area contributed by atoms with Crippen molar-refractivity contribution in [3.05, 3.63) is 71.0 Å². The number of hydrogen-bond acceptors (Lipinski definition) is 6. The molecule has 2 N–H and O–H groups in total. The lowest BCUT2D eigenvalue weighted by molar-refractivity contribution is -0.113. The summed E-state index contributed by atoms with van der Waals surface area (Å²) in [6.07, 6.45) is 1.37. The first-order valence-corrected chi connectivity index (χ1v) is 8.72. The van der Waals surface area contributed by atoms with Gasteiger partial charge in [0.05, 0.1) is 5.75 Å². The molecule has 0 saturated heterocycles. The van der Waals surface area contributed by atoms with Crippen molar-refractivity contribution in [1.82, 2.24) is 15.2 Å². The van der Waals surface area contributed by atoms with E-state index in [1.807, 2.05) is 0 Å². The van der Waals surface area contributed by atoms with E-state index in [9.17, 15) is 14.4 Å². The summed E-state index contributed by atoms with van der Waals surface area (Å²) in [6, 6.07) is 11.5. The van der Waals surface area contributed by atoms with Crippen molar-refractivity contribution in [3.63, 3.8) is 0 Å². The molecule has 7 nitrogen and oxygen atoms in total. The van der Waals surface area contributed by atoms with E-state index in [0.717, 1.165) is 0 Å². The number of carbonyl (C=O) groups excluding carboxylic acids is 3. The number of H-pyrrole nitrogens is 1. The SMILES string of the molecule is O=C(CSc1ncn[nH]1)Nc1ccc2c(c1)C(=O)c1ccccc1C2=O. The van der Waals surface area contributed by atoms with Crippen molar-refractivity contribution in [3.8, 4) is 0 Å². The quantitative estimate of drug-likeness (QED) is 0.539. The maximum atomic E-state index is 12.7. The van der Waals surface area contributed by atoms with E-state index in [1.165, 1.54) is 18.1 Å². The molecule has 0 saturated carbocycles. The predicted molar refractivity (Wildman–Crippen MR) is 95.5 cm³/mol. The molecule has 0 fully saturated rings. The number of anilines is 1. The minimum absolute atomic E-state index is 0.141. The monoisotopic (exact) mass is 364 g/mol. The zero-order chi connectivity index (χ0) is 18.1. The van der Waals surface area contributed by atoms with Crippen LogP contribution < -0.4 is 5.32 Å². The number of nitrogens with one attached hydrogen (secondary N) is 2. The van der Waals surface area contributed by atoms with Crippen molar-refractivity contribution in [2.75, 3.05) is 11.1 Å². The molecule has 0 bridgehead atoms. The molecule has 1 amide bonds. The predicted octanol–water partition coefficient (Wildman–Crippen LogP) is 2.31. The molecular weight excluding hydrogens is 352 g/mol. The van der Waals surface area contributed by atoms with E-state index < -0.39 is 0 Å². The summed E-state index contributed by atoms with van der Waals surface area (Å²) >= 11 is 1.21. The van der Waals surface area contributed by atoms with Gasteiger partial charge in [0.1, 0.15) is 6.33 Å². The number of rotatable bonds is 4. The Morgan fingerprint density at radius 2 is 1.69 bits per heavy atom. The van der Waals surface area contributed by atoms with Crippen LogP contribution in [0.2, 0.25) is 0 Å². The Bertz CT molecular complexity index is 1030. The largest absolute Gasteiger partial charge is 0.325 e. The smallest absolute Gasteiger partial charge is 0.234 e. The molecule has 3 aromatic rings. The van der Waals surface area contributed by atoms with Crippen molar-refractivity contribution >= 4 is 34.9 Å². The molecule has 1 aliphatic carbocycles. The van der Waals surface area contributed by atoms with Crippen LogP contribution in [0.1, 0.15) is 31.8 Å². The first-order chi connectivity index (χ1) is 12.6. The Morgan fingerprint density at radius 1 is 1.00 bits per heavy atom. The van der Waals surface area contributed by atoms with Crippen LogP contribution in [0.4, 0.5) is 5.69 Å². The van der Waals surface area contributed by atoms with E-state index in [4.69, 9.17) is 0 Å². The van der Waals surface area contributed by atoms with Gasteiger partial charge in [-0.2, -0.15) is 5.10 Å². The third kappa shape index (κ3) is 2.91. The minimum Gasteiger partial charge on any atom is -0.325 e. The number of aromatic amines is 1. The summed E-state index contributed by atoms with van der Waals surface area (Å²) in [7, 11) is 0. The fourth-order valence-corrected chi connectivity index (χ4v) is 3.35. The van der Waals surface area contributed by atoms with Crippen molar-refractivity contribution in [1.29, 1.82) is 0 Å². The van der Waals surface area contributed by atoms with Gasteiger partial charge in [-0.05, 0) is 18.2 Å². The van der Waals surface area contributed by atoms with Gasteiger partial charge in [0.25, 0.3) is 0 Å². The van der Waals surface area contributed by atoms with Crippen LogP contribution in [0.25, 0.3) is 0 Å². The second kappa shape index (κ2) is 6.57. The fraction of sp³-hybridized carbons (Fsp3) is 0.0556. The lowest BCUT2D eigenvalue weighted by Gasteiger charge is -2.18. The molecule has 4 rings (SSSR count). The Morgan fingerprint density at radius 3 is 2.38 bits per heavy atom. The maximum Gasteiger partial charge on any atom is 0.234 e. The van der Waals surface area contributed by atoms with Gasteiger partial charge in [0.15, 0.2) is 16.7 Å². The molecule has 26 heavy (non-hydrogen) atoms. The van der Waals surface area contributed by atoms with E-state index >= 15 is 0 Å². The summed E-state index contributed by atoms with van der Waals surface area (Å²) in [5.41, 5.74) is 1.91. The number of thioether (sulfide) groups is 1. The molecule has 0 radical (unpaired) electrons. The van der Waals surface area contributed by atoms with Gasteiger partial charge in [-0.15, -0.1) is 0 Å². The zero-order valence-electron chi connectivity index (χ0n) is 13.4. The number of aromatic nitrogens is 3. The van der Waals surface area contributed by atoms with E-state index in [0.29, 0.717) is 33.1 Å². The second-order valence-corrected chi connectivity index (χ2v) is 6.56. The topological polar surface area (TPSA) is 105 Å². The molecule has 0 unspecified atom stereocenters. The Kier molecular flexibility index (Phi) is 4.10. The number of nitrogens with zero attached hydrogens (tertiary/aromatic N) is 2. The third-order valence-corrected chi connectivity index (χ3v) is 4.82. The molecule has 0 atom stereocenters. The summed E-state index contributed by atoms with van der Waals surface area (Å²) in [6.45, 7) is 0. The Labute approximate surface area is 152 Å². The average molecular weight is 364 g/mol. The van der Waals surface area contributed by atoms with Crippen molar-refractivity contribution in [2.24, 2.45) is 0 Å². The normalized spacial score (nSPS) is 12.5. The van der Waals surface area contributed by atoms with Crippen LogP contribution in [0, 0.1) is 0 Å². The maximum absolute atomic E-state index is 12.7. The van der Waals surface area contributed by atoms with Crippen molar-refractivity contribution < 1.29 is 14.4 Å². The molecule has 0 spiro atoms. The Balaban J connectivity index is 1.54. The van der Waals surface area contributed by atoms with Crippen LogP contribution in [0.15, 0.2) is 53.9 Å². The van der Waals surface area contributed by atoms with Gasteiger partial charge < -0.3 is 5.32 Å². The van der Waals surface area contributed by atoms with Gasteiger partial charge in [-0.1, -0.05) is 36.0 Å². The van der Waals surface area contributed by atoms with Crippen molar-refractivity contribution in [2.45, 2.75) is 5.16 Å². The highest BCUT2D eigenvalue weighted by atomic mass is 32.2. The molecule has 1 heterocycles. The lowest BCUT2D eigenvalue weighted by atomic mass is 9.84. The van der Waals surface area contributed by atoms with Gasteiger partial charge in [0, 0.05) is 27.9 Å². The van der Waals surface area contributed by atoms with Gasteiger partial charge >= 0.3 is 0 Å². The number of benzene rings is 2. The van der Waals surface area contributed by atoms with Gasteiger partial charge in [-0.25, -0.2) is 4.98 Å². The molecule has 2 aromatic carbocycles. The number of carbonyl (C=O) groups is 3. The number of hydrogen-bond donors (Lipinski definition) is 2. The molecule has 128 valence electrons. The molecule has 1 aromatic heterocycles. The van der Waals surface area contributed by atoms with E-state index in [1.54, 1.807) is 42.5 Å². The van der Waals surface area contributed by atoms with Crippen LogP contribution in [-0.2, 0) is 4.79 Å². The van der Waals surface area contributed by atoms with Gasteiger partial charge in [-0.3, -0.25) is 19.5 Å². The highest BCUT2D eigenvalue weighted by molar-refractivity contribution is 7.99. The van der Waals surface area contributed by atoms with E-state index in [-0.39, 0.29) is 23.2 Å². The van der Waals surface area contributed by atoms with E-state index in [2.05, 4.69) is 20.5 Å². The zero-order valence-corrected chi connectivity index (χ0v) is 14.2. The minimum atomic E-state index is -0.249. The molecule has 0 aliphatic heterocycles. The van der Waals surface area contributed by atoms with Crippen LogP contribution in [0.5, 0.6) is 0 Å². The summed E-state index contributed by atoms with van der Waals surface area (Å²) in [4.78, 5) is 41.2. The number of amides is 1. The highest BCUT2D eigenvalue weighted by Crippen LogP contribution is 2.29. The molecule has 8 heteroatoms. The third-order valence-electron chi connectivity index (χ3n) is 3.94. The fourth-order valence-electron chi connectivity index (χ4n) is 2.77. The summed E-state index contributed by atoms with van der Waals surface area (Å²) < 4.78 is 0. The Hall–Kier alpha value is -3.26. The van der Waals surface area contributed by atoms with Crippen LogP contribution >= 0.6 is 11.8 Å². The van der Waals surface area contributed by atoms with Gasteiger partial charge in [0.2, 0.25) is 5.91 Å². The standard InChI is InChI=1S/C18H12N4O3S/c23-15(8-26-18-19-9-20-22-18)21-10-5-6-13-14(7-10)17(25)12-4-2-1-3-11(12)16(13)24/h1-7,9H,8H2,(H,21,23)(H,19,20,22). The average Bonchev–Trinajstić information content (AvgIpc) is 3.18. The highest BCUT2D eigenvalue weighted by Gasteiger charge is 2.29. The second-order valence-electron chi connectivity index (χ2n) is 5.59.